The molecule has 0 unspecified atom stereocenters. The zero-order valence-corrected chi connectivity index (χ0v) is 9.36. The summed E-state index contributed by atoms with van der Waals surface area (Å²) >= 11 is 5.54. The van der Waals surface area contributed by atoms with Gasteiger partial charge >= 0.3 is 0 Å². The van der Waals surface area contributed by atoms with Gasteiger partial charge in [-0.3, -0.25) is 4.98 Å². The molecule has 0 aliphatic carbocycles. The fourth-order valence-electron chi connectivity index (χ4n) is 1.14. The molecule has 2 aromatic rings. The number of halogens is 2. The molecule has 0 amide bonds. The van der Waals surface area contributed by atoms with Crippen LogP contribution in [0.1, 0.15) is 5.69 Å². The van der Waals surface area contributed by atoms with Gasteiger partial charge in [-0.2, -0.15) is 0 Å². The largest absolute Gasteiger partial charge is 0.437 e. The van der Waals surface area contributed by atoms with E-state index in [0.29, 0.717) is 5.69 Å². The number of benzene rings is 1. The average molecular weight is 255 g/mol. The standard InChI is InChI=1S/C11H8ClFN2O2/c12-9-2-1-8(3-10(9)13)17-11-5-14-7(6-16)4-15-11/h1-5,16H,6H2. The second-order valence-corrected chi connectivity index (χ2v) is 3.59. The van der Waals surface area contributed by atoms with E-state index in [-0.39, 0.29) is 23.3 Å². The van der Waals surface area contributed by atoms with E-state index in [9.17, 15) is 4.39 Å². The third-order valence-electron chi connectivity index (χ3n) is 1.96. The Morgan fingerprint density at radius 2 is 2.12 bits per heavy atom. The van der Waals surface area contributed by atoms with Crippen LogP contribution in [0.3, 0.4) is 0 Å². The van der Waals surface area contributed by atoms with E-state index in [2.05, 4.69) is 9.97 Å². The lowest BCUT2D eigenvalue weighted by Gasteiger charge is -2.05. The molecule has 0 bridgehead atoms. The molecule has 0 saturated carbocycles. The van der Waals surface area contributed by atoms with Crippen LogP contribution in [-0.2, 0) is 6.61 Å². The van der Waals surface area contributed by atoms with Gasteiger partial charge in [0.15, 0.2) is 0 Å². The lowest BCUT2D eigenvalue weighted by molar-refractivity contribution is 0.276. The van der Waals surface area contributed by atoms with Crippen molar-refractivity contribution in [1.29, 1.82) is 0 Å². The van der Waals surface area contributed by atoms with Gasteiger partial charge in [0.05, 0.1) is 29.7 Å². The van der Waals surface area contributed by atoms with Crippen molar-refractivity contribution in [2.75, 3.05) is 0 Å². The van der Waals surface area contributed by atoms with Crippen LogP contribution in [0.5, 0.6) is 11.6 Å². The average Bonchev–Trinajstić information content (AvgIpc) is 2.35. The maximum atomic E-state index is 13.1. The minimum absolute atomic E-state index is 0.0269. The first-order valence-corrected chi connectivity index (χ1v) is 5.11. The van der Waals surface area contributed by atoms with Gasteiger partial charge in [-0.1, -0.05) is 11.6 Å². The maximum absolute atomic E-state index is 13.1. The van der Waals surface area contributed by atoms with Crippen molar-refractivity contribution < 1.29 is 14.2 Å². The Hall–Kier alpha value is -1.72. The summed E-state index contributed by atoms with van der Waals surface area (Å²) in [5.41, 5.74) is 0.430. The Balaban J connectivity index is 2.16. The Labute approximate surface area is 102 Å². The van der Waals surface area contributed by atoms with Crippen LogP contribution in [0.15, 0.2) is 30.6 Å². The molecule has 0 spiro atoms. The maximum Gasteiger partial charge on any atom is 0.237 e. The summed E-state index contributed by atoms with van der Waals surface area (Å²) in [5.74, 6) is -0.0778. The van der Waals surface area contributed by atoms with Crippen molar-refractivity contribution in [3.05, 3.63) is 47.1 Å². The Kier molecular flexibility index (Phi) is 3.51. The summed E-state index contributed by atoms with van der Waals surface area (Å²) in [5, 5.41) is 8.80. The monoisotopic (exact) mass is 254 g/mol. The zero-order valence-electron chi connectivity index (χ0n) is 8.60. The molecule has 2 rings (SSSR count). The Morgan fingerprint density at radius 1 is 1.29 bits per heavy atom. The Bertz CT molecular complexity index is 519. The molecule has 0 aliphatic rings. The van der Waals surface area contributed by atoms with Crippen molar-refractivity contribution >= 4 is 11.6 Å². The molecule has 88 valence electrons. The van der Waals surface area contributed by atoms with Crippen molar-refractivity contribution in [3.63, 3.8) is 0 Å². The molecule has 0 atom stereocenters. The summed E-state index contributed by atoms with van der Waals surface area (Å²) in [6.07, 6.45) is 2.72. The van der Waals surface area contributed by atoms with E-state index in [4.69, 9.17) is 21.4 Å². The molecule has 1 aromatic heterocycles. The van der Waals surface area contributed by atoms with Crippen LogP contribution in [0.25, 0.3) is 0 Å². The topological polar surface area (TPSA) is 55.2 Å². The van der Waals surface area contributed by atoms with Gasteiger partial charge < -0.3 is 9.84 Å². The SMILES string of the molecule is OCc1cnc(Oc2ccc(Cl)c(F)c2)cn1. The van der Waals surface area contributed by atoms with Gasteiger partial charge in [0.25, 0.3) is 0 Å². The van der Waals surface area contributed by atoms with Crippen LogP contribution in [-0.4, -0.2) is 15.1 Å². The second-order valence-electron chi connectivity index (χ2n) is 3.18. The van der Waals surface area contributed by atoms with Crippen molar-refractivity contribution in [2.45, 2.75) is 6.61 Å². The molecule has 1 aromatic carbocycles. The second kappa shape index (κ2) is 5.07. The van der Waals surface area contributed by atoms with Gasteiger partial charge in [-0.15, -0.1) is 0 Å². The van der Waals surface area contributed by atoms with E-state index >= 15 is 0 Å². The highest BCUT2D eigenvalue weighted by atomic mass is 35.5. The first-order valence-electron chi connectivity index (χ1n) is 4.73. The van der Waals surface area contributed by atoms with Crippen LogP contribution in [0.2, 0.25) is 5.02 Å². The summed E-state index contributed by atoms with van der Waals surface area (Å²) in [6.45, 7) is -0.192. The van der Waals surface area contributed by atoms with Gasteiger partial charge in [0.2, 0.25) is 5.88 Å². The van der Waals surface area contributed by atoms with E-state index < -0.39 is 5.82 Å². The summed E-state index contributed by atoms with van der Waals surface area (Å²) < 4.78 is 18.4. The molecular weight excluding hydrogens is 247 g/mol. The lowest BCUT2D eigenvalue weighted by Crippen LogP contribution is -1.94. The number of nitrogens with zero attached hydrogens (tertiary/aromatic N) is 2. The highest BCUT2D eigenvalue weighted by Gasteiger charge is 2.04. The molecule has 1 heterocycles. The molecule has 6 heteroatoms. The number of aliphatic hydroxyl groups excluding tert-OH is 1. The van der Waals surface area contributed by atoms with Crippen LogP contribution >= 0.6 is 11.6 Å². The van der Waals surface area contributed by atoms with E-state index in [1.165, 1.54) is 24.5 Å². The first-order chi connectivity index (χ1) is 8.19. The van der Waals surface area contributed by atoms with Crippen molar-refractivity contribution in [1.82, 2.24) is 9.97 Å². The highest BCUT2D eigenvalue weighted by molar-refractivity contribution is 6.30. The lowest BCUT2D eigenvalue weighted by atomic mass is 10.3. The molecule has 1 N–H and O–H groups in total. The first kappa shape index (κ1) is 11.8. The van der Waals surface area contributed by atoms with Crippen molar-refractivity contribution in [2.24, 2.45) is 0 Å². The molecule has 0 saturated heterocycles. The number of hydrogen-bond acceptors (Lipinski definition) is 4. The quantitative estimate of drug-likeness (QED) is 0.915. The molecular formula is C11H8ClFN2O2. The third-order valence-corrected chi connectivity index (χ3v) is 2.26. The summed E-state index contributed by atoms with van der Waals surface area (Å²) in [4.78, 5) is 7.77. The number of hydrogen-bond donors (Lipinski definition) is 1. The molecule has 0 fully saturated rings. The van der Waals surface area contributed by atoms with Gasteiger partial charge in [0.1, 0.15) is 11.6 Å². The van der Waals surface area contributed by atoms with Gasteiger partial charge in [0, 0.05) is 6.07 Å². The van der Waals surface area contributed by atoms with E-state index in [0.717, 1.165) is 6.07 Å². The number of aromatic nitrogens is 2. The van der Waals surface area contributed by atoms with E-state index in [1.807, 2.05) is 0 Å². The van der Waals surface area contributed by atoms with Gasteiger partial charge in [-0.05, 0) is 12.1 Å². The molecule has 0 radical (unpaired) electrons. The number of ether oxygens (including phenoxy) is 1. The minimum Gasteiger partial charge on any atom is -0.437 e. The third kappa shape index (κ3) is 2.89. The fourth-order valence-corrected chi connectivity index (χ4v) is 1.26. The normalized spacial score (nSPS) is 10.3. The molecule has 17 heavy (non-hydrogen) atoms. The summed E-state index contributed by atoms with van der Waals surface area (Å²) in [6, 6.07) is 4.07. The van der Waals surface area contributed by atoms with Crippen LogP contribution < -0.4 is 4.74 Å². The van der Waals surface area contributed by atoms with E-state index in [1.54, 1.807) is 0 Å². The van der Waals surface area contributed by atoms with Crippen LogP contribution in [0.4, 0.5) is 4.39 Å². The zero-order chi connectivity index (χ0) is 12.3. The van der Waals surface area contributed by atoms with Crippen LogP contribution in [0, 0.1) is 5.82 Å². The molecule has 0 aliphatic heterocycles. The number of rotatable bonds is 3. The Morgan fingerprint density at radius 3 is 2.71 bits per heavy atom. The fraction of sp³-hybridized carbons (Fsp3) is 0.0909. The smallest absolute Gasteiger partial charge is 0.237 e. The molecule has 4 nitrogen and oxygen atoms in total. The van der Waals surface area contributed by atoms with Gasteiger partial charge in [-0.25, -0.2) is 9.37 Å². The van der Waals surface area contributed by atoms with Crippen molar-refractivity contribution in [3.8, 4) is 11.6 Å². The minimum atomic E-state index is -0.566. The predicted octanol–water partition coefficient (Wildman–Crippen LogP) is 2.55. The number of aliphatic hydroxyl groups is 1. The predicted molar refractivity (Wildman–Crippen MR) is 59.4 cm³/mol. The highest BCUT2D eigenvalue weighted by Crippen LogP contribution is 2.23. The summed E-state index contributed by atoms with van der Waals surface area (Å²) in [7, 11) is 0.